The first-order valence-corrected chi connectivity index (χ1v) is 9.58. The minimum Gasteiger partial charge on any atom is -0.508 e. The summed E-state index contributed by atoms with van der Waals surface area (Å²) in [6, 6.07) is 22.3. The monoisotopic (exact) mass is 367 g/mol. The summed E-state index contributed by atoms with van der Waals surface area (Å²) in [6.07, 6.45) is 1.02. The maximum atomic E-state index is 9.75. The number of phenolic OH excluding ortho intramolecular Hbond substituents is 1. The topological polar surface area (TPSA) is 49.3 Å². The number of fused-ring (bicyclic) bond motifs is 2. The number of phenols is 1. The molecule has 0 unspecified atom stereocenters. The zero-order chi connectivity index (χ0) is 19.1. The molecule has 1 aromatic heterocycles. The van der Waals surface area contributed by atoms with Gasteiger partial charge in [-0.3, -0.25) is 0 Å². The summed E-state index contributed by atoms with van der Waals surface area (Å²) in [5.74, 6) is 1.20. The molecule has 3 aromatic carbocycles. The Morgan fingerprint density at radius 2 is 1.61 bits per heavy atom. The van der Waals surface area contributed by atoms with Crippen molar-refractivity contribution in [2.75, 3.05) is 11.4 Å². The van der Waals surface area contributed by atoms with Crippen LogP contribution in [0.25, 0.3) is 22.0 Å². The Bertz CT molecular complexity index is 1190. The van der Waals surface area contributed by atoms with Gasteiger partial charge in [0.15, 0.2) is 5.82 Å². The first-order valence-electron chi connectivity index (χ1n) is 9.58. The summed E-state index contributed by atoms with van der Waals surface area (Å²) >= 11 is 0. The van der Waals surface area contributed by atoms with Gasteiger partial charge in [-0.15, -0.1) is 10.2 Å². The van der Waals surface area contributed by atoms with E-state index in [1.807, 2.05) is 19.1 Å². The fourth-order valence-electron chi connectivity index (χ4n) is 4.11. The van der Waals surface area contributed by atoms with Crippen molar-refractivity contribution in [1.82, 2.24) is 10.2 Å². The second-order valence-corrected chi connectivity index (χ2v) is 7.36. The van der Waals surface area contributed by atoms with Gasteiger partial charge < -0.3 is 10.0 Å². The maximum Gasteiger partial charge on any atom is 0.159 e. The van der Waals surface area contributed by atoms with Crippen molar-refractivity contribution >= 4 is 16.6 Å². The van der Waals surface area contributed by atoms with E-state index >= 15 is 0 Å². The zero-order valence-electron chi connectivity index (χ0n) is 15.8. The number of benzene rings is 3. The normalized spacial score (nSPS) is 13.5. The highest BCUT2D eigenvalue weighted by Crippen LogP contribution is 2.35. The van der Waals surface area contributed by atoms with Gasteiger partial charge >= 0.3 is 0 Å². The summed E-state index contributed by atoms with van der Waals surface area (Å²) in [5.41, 5.74) is 5.62. The number of hydrogen-bond donors (Lipinski definition) is 1. The lowest BCUT2D eigenvalue weighted by atomic mass is 9.98. The Labute approximate surface area is 164 Å². The molecule has 0 saturated carbocycles. The van der Waals surface area contributed by atoms with E-state index in [2.05, 4.69) is 57.6 Å². The fraction of sp³-hybridized carbons (Fsp3) is 0.167. The van der Waals surface area contributed by atoms with Crippen LogP contribution in [0.15, 0.2) is 66.7 Å². The van der Waals surface area contributed by atoms with Crippen molar-refractivity contribution < 1.29 is 5.11 Å². The second-order valence-electron chi connectivity index (χ2n) is 7.36. The van der Waals surface area contributed by atoms with E-state index in [9.17, 15) is 5.11 Å². The van der Waals surface area contributed by atoms with Crippen molar-refractivity contribution in [3.8, 4) is 17.0 Å². The Balaban J connectivity index is 1.63. The van der Waals surface area contributed by atoms with Crippen molar-refractivity contribution in [2.24, 2.45) is 0 Å². The summed E-state index contributed by atoms with van der Waals surface area (Å²) in [7, 11) is 0. The van der Waals surface area contributed by atoms with E-state index in [0.717, 1.165) is 52.9 Å². The molecule has 2 heterocycles. The lowest BCUT2D eigenvalue weighted by Crippen LogP contribution is -2.31. The van der Waals surface area contributed by atoms with Crippen LogP contribution in [0.4, 0.5) is 5.82 Å². The number of aryl methyl sites for hydroxylation is 1. The van der Waals surface area contributed by atoms with Crippen LogP contribution in [0, 0.1) is 6.92 Å². The fourth-order valence-corrected chi connectivity index (χ4v) is 4.11. The van der Waals surface area contributed by atoms with Crippen LogP contribution in [-0.4, -0.2) is 21.8 Å². The Hall–Kier alpha value is -3.40. The smallest absolute Gasteiger partial charge is 0.159 e. The van der Waals surface area contributed by atoms with Crippen LogP contribution in [0.5, 0.6) is 5.75 Å². The van der Waals surface area contributed by atoms with Crippen LogP contribution < -0.4 is 4.90 Å². The van der Waals surface area contributed by atoms with E-state index in [4.69, 9.17) is 0 Å². The predicted molar refractivity (Wildman–Crippen MR) is 113 cm³/mol. The van der Waals surface area contributed by atoms with Crippen LogP contribution in [0.2, 0.25) is 0 Å². The first-order chi connectivity index (χ1) is 13.7. The number of aromatic hydroxyl groups is 1. The average Bonchev–Trinajstić information content (AvgIpc) is 2.73. The third kappa shape index (κ3) is 2.78. The molecule has 0 radical (unpaired) electrons. The zero-order valence-corrected chi connectivity index (χ0v) is 15.8. The Morgan fingerprint density at radius 3 is 2.43 bits per heavy atom. The van der Waals surface area contributed by atoms with Crippen LogP contribution >= 0.6 is 0 Å². The van der Waals surface area contributed by atoms with Gasteiger partial charge in [0, 0.05) is 29.4 Å². The minimum absolute atomic E-state index is 0.266. The van der Waals surface area contributed by atoms with Crippen molar-refractivity contribution in [1.29, 1.82) is 0 Å². The van der Waals surface area contributed by atoms with E-state index in [1.54, 1.807) is 12.1 Å². The van der Waals surface area contributed by atoms with Crippen molar-refractivity contribution in [3.05, 3.63) is 83.4 Å². The number of anilines is 1. The molecule has 4 aromatic rings. The highest BCUT2D eigenvalue weighted by molar-refractivity contribution is 6.00. The summed E-state index contributed by atoms with van der Waals surface area (Å²) in [4.78, 5) is 2.32. The van der Waals surface area contributed by atoms with E-state index in [1.165, 1.54) is 11.1 Å². The highest BCUT2D eigenvalue weighted by Gasteiger charge is 2.21. The molecule has 0 aliphatic carbocycles. The lowest BCUT2D eigenvalue weighted by Gasteiger charge is -2.30. The van der Waals surface area contributed by atoms with Gasteiger partial charge in [0.05, 0.1) is 0 Å². The third-order valence-corrected chi connectivity index (χ3v) is 5.56. The first kappa shape index (κ1) is 16.8. The van der Waals surface area contributed by atoms with Crippen LogP contribution in [-0.2, 0) is 13.0 Å². The number of rotatable bonds is 2. The summed E-state index contributed by atoms with van der Waals surface area (Å²) in [6.45, 7) is 3.78. The van der Waals surface area contributed by atoms with Gasteiger partial charge in [0.25, 0.3) is 0 Å². The number of nitrogens with zero attached hydrogens (tertiary/aromatic N) is 3. The predicted octanol–water partition coefficient (Wildman–Crippen LogP) is 4.87. The lowest BCUT2D eigenvalue weighted by molar-refractivity contribution is 0.475. The summed E-state index contributed by atoms with van der Waals surface area (Å²) < 4.78 is 0. The largest absolute Gasteiger partial charge is 0.508 e. The molecule has 5 rings (SSSR count). The SMILES string of the molecule is Cc1cc(O)ccc1-c1nnc(N2CCc3ccccc3C2)c2ccccc12. The molecule has 0 fully saturated rings. The highest BCUT2D eigenvalue weighted by atomic mass is 16.3. The molecule has 1 aliphatic heterocycles. The standard InChI is InChI=1S/C24H21N3O/c1-16-14-19(28)10-11-20(16)23-21-8-4-5-9-22(21)24(26-25-23)27-13-12-17-6-2-3-7-18(17)15-27/h2-11,14,28H,12-13,15H2,1H3. The Kier molecular flexibility index (Phi) is 3.97. The quantitative estimate of drug-likeness (QED) is 0.549. The minimum atomic E-state index is 0.266. The third-order valence-electron chi connectivity index (χ3n) is 5.56. The molecule has 0 bridgehead atoms. The molecular formula is C24H21N3O. The molecule has 4 heteroatoms. The van der Waals surface area contributed by atoms with Gasteiger partial charge in [-0.25, -0.2) is 0 Å². The van der Waals surface area contributed by atoms with Gasteiger partial charge in [0.2, 0.25) is 0 Å². The van der Waals surface area contributed by atoms with Crippen molar-refractivity contribution in [2.45, 2.75) is 19.9 Å². The van der Waals surface area contributed by atoms with E-state index in [-0.39, 0.29) is 5.75 Å². The summed E-state index contributed by atoms with van der Waals surface area (Å²) in [5, 5.41) is 21.2. The molecule has 4 nitrogen and oxygen atoms in total. The molecule has 138 valence electrons. The molecule has 0 spiro atoms. The van der Waals surface area contributed by atoms with Crippen molar-refractivity contribution in [3.63, 3.8) is 0 Å². The van der Waals surface area contributed by atoms with Crippen LogP contribution in [0.3, 0.4) is 0 Å². The molecule has 0 saturated heterocycles. The molecule has 1 N–H and O–H groups in total. The maximum absolute atomic E-state index is 9.75. The molecule has 0 atom stereocenters. The molecule has 0 amide bonds. The number of hydrogen-bond acceptors (Lipinski definition) is 4. The van der Waals surface area contributed by atoms with Crippen LogP contribution in [0.1, 0.15) is 16.7 Å². The van der Waals surface area contributed by atoms with Gasteiger partial charge in [-0.1, -0.05) is 48.5 Å². The average molecular weight is 367 g/mol. The molecule has 1 aliphatic rings. The van der Waals surface area contributed by atoms with Gasteiger partial charge in [-0.05, 0) is 48.2 Å². The second kappa shape index (κ2) is 6.64. The van der Waals surface area contributed by atoms with E-state index < -0.39 is 0 Å². The Morgan fingerprint density at radius 1 is 0.857 bits per heavy atom. The molecular weight excluding hydrogens is 346 g/mol. The van der Waals surface area contributed by atoms with E-state index in [0.29, 0.717) is 0 Å². The van der Waals surface area contributed by atoms with Gasteiger partial charge in [-0.2, -0.15) is 0 Å². The molecule has 28 heavy (non-hydrogen) atoms. The van der Waals surface area contributed by atoms with Gasteiger partial charge in [0.1, 0.15) is 11.4 Å². The number of aromatic nitrogens is 2.